The molecule has 0 unspecified atom stereocenters. The predicted molar refractivity (Wildman–Crippen MR) is 61.7 cm³/mol. The first-order valence-electron chi connectivity index (χ1n) is 6.53. The molecule has 0 radical (unpaired) electrons. The molecule has 0 aliphatic heterocycles. The maximum Gasteiger partial charge on any atom is 0.460 e. The largest absolute Gasteiger partial charge is 0.460 e. The van der Waals surface area contributed by atoms with Crippen molar-refractivity contribution < 1.29 is 70.7 Å². The van der Waals surface area contributed by atoms with Crippen LogP contribution in [0.25, 0.3) is 0 Å². The van der Waals surface area contributed by atoms with E-state index in [1.807, 2.05) is 0 Å². The molecule has 0 spiro atoms. The lowest BCUT2D eigenvalue weighted by Crippen LogP contribution is -2.63. The fourth-order valence-corrected chi connectivity index (χ4v) is 1.84. The van der Waals surface area contributed by atoms with Crippen molar-refractivity contribution in [3.05, 3.63) is 34.9 Å². The maximum atomic E-state index is 13.6. The van der Waals surface area contributed by atoms with E-state index in [0.29, 0.717) is 0 Å². The van der Waals surface area contributed by atoms with Crippen molar-refractivity contribution >= 4 is 5.78 Å². The normalized spacial score (nSPS) is 14.9. The lowest BCUT2D eigenvalue weighted by atomic mass is 9.91. The number of ketones is 1. The van der Waals surface area contributed by atoms with Crippen LogP contribution in [0.5, 0.6) is 0 Å². The standard InChI is InChI=1S/C13H3F15O/c14-8(15,11(22,23)12(24,25)13(26,27)28)7(29)5-3-4(9(16,17)18)1-2-6(5)10(19,20)21/h1-3H. The summed E-state index contributed by atoms with van der Waals surface area (Å²) in [5.74, 6) is -26.5. The van der Waals surface area contributed by atoms with Crippen molar-refractivity contribution in [3.63, 3.8) is 0 Å². The molecule has 0 bridgehead atoms. The Labute approximate surface area is 149 Å². The average Bonchev–Trinajstić information content (AvgIpc) is 2.50. The number of rotatable bonds is 4. The Bertz CT molecular complexity index is 781. The molecule has 0 aromatic heterocycles. The van der Waals surface area contributed by atoms with Crippen LogP contribution in [0, 0.1) is 0 Å². The van der Waals surface area contributed by atoms with Crippen molar-refractivity contribution in [2.75, 3.05) is 0 Å². The first-order chi connectivity index (χ1) is 12.5. The molecule has 1 aromatic rings. The first kappa shape index (κ1) is 24.9. The Morgan fingerprint density at radius 3 is 1.41 bits per heavy atom. The SMILES string of the molecule is O=C(c1cc(C(F)(F)F)ccc1C(F)(F)F)C(F)(F)C(F)(F)C(F)(F)C(F)(F)F. The monoisotopic (exact) mass is 460 g/mol. The topological polar surface area (TPSA) is 17.1 Å². The third kappa shape index (κ3) is 4.10. The second-order valence-corrected chi connectivity index (χ2v) is 5.31. The number of carbonyl (C=O) groups excluding carboxylic acids is 1. The van der Waals surface area contributed by atoms with Gasteiger partial charge in [0, 0.05) is 5.56 Å². The molecular formula is C13H3F15O. The summed E-state index contributed by atoms with van der Waals surface area (Å²) in [6.07, 6.45) is -18.9. The number of hydrogen-bond donors (Lipinski definition) is 0. The first-order valence-corrected chi connectivity index (χ1v) is 6.53. The smallest absolute Gasteiger partial charge is 0.287 e. The number of hydrogen-bond acceptors (Lipinski definition) is 1. The molecule has 0 saturated heterocycles. The molecule has 0 heterocycles. The van der Waals surface area contributed by atoms with E-state index < -0.39 is 77.0 Å². The zero-order valence-corrected chi connectivity index (χ0v) is 12.8. The van der Waals surface area contributed by atoms with Gasteiger partial charge in [0.2, 0.25) is 5.78 Å². The minimum absolute atomic E-state index is 0.403. The van der Waals surface area contributed by atoms with Crippen molar-refractivity contribution in [2.45, 2.75) is 36.3 Å². The van der Waals surface area contributed by atoms with Crippen molar-refractivity contribution in [3.8, 4) is 0 Å². The van der Waals surface area contributed by atoms with Crippen LogP contribution in [0.4, 0.5) is 65.9 Å². The highest BCUT2D eigenvalue weighted by Crippen LogP contribution is 2.54. The summed E-state index contributed by atoms with van der Waals surface area (Å²) < 4.78 is 191. The van der Waals surface area contributed by atoms with Crippen molar-refractivity contribution in [1.29, 1.82) is 0 Å². The summed E-state index contributed by atoms with van der Waals surface area (Å²) in [7, 11) is 0. The molecular weight excluding hydrogens is 457 g/mol. The lowest BCUT2D eigenvalue weighted by Gasteiger charge is -2.33. The quantitative estimate of drug-likeness (QED) is 0.377. The Hall–Kier alpha value is -2.16. The van der Waals surface area contributed by atoms with E-state index in [1.165, 1.54) is 0 Å². The van der Waals surface area contributed by atoms with Crippen molar-refractivity contribution in [1.82, 2.24) is 0 Å². The Morgan fingerprint density at radius 1 is 0.621 bits per heavy atom. The van der Waals surface area contributed by atoms with Gasteiger partial charge in [-0.2, -0.15) is 65.9 Å². The molecule has 29 heavy (non-hydrogen) atoms. The molecule has 16 heteroatoms. The molecule has 1 rings (SSSR count). The Morgan fingerprint density at radius 2 is 1.07 bits per heavy atom. The lowest BCUT2D eigenvalue weighted by molar-refractivity contribution is -0.386. The van der Waals surface area contributed by atoms with Gasteiger partial charge in [-0.3, -0.25) is 4.79 Å². The van der Waals surface area contributed by atoms with Crippen LogP contribution in [0.2, 0.25) is 0 Å². The van der Waals surface area contributed by atoms with Gasteiger partial charge in [-0.05, 0) is 18.2 Å². The zero-order valence-electron chi connectivity index (χ0n) is 12.8. The van der Waals surface area contributed by atoms with Gasteiger partial charge < -0.3 is 0 Å². The van der Waals surface area contributed by atoms with E-state index in [0.717, 1.165) is 0 Å². The summed E-state index contributed by atoms with van der Waals surface area (Å²) in [6.45, 7) is 0. The molecule has 0 fully saturated rings. The van der Waals surface area contributed by atoms with Crippen LogP contribution in [0.15, 0.2) is 18.2 Å². The van der Waals surface area contributed by atoms with Gasteiger partial charge in [0.15, 0.2) is 0 Å². The number of benzene rings is 1. The van der Waals surface area contributed by atoms with Crippen LogP contribution >= 0.6 is 0 Å². The summed E-state index contributed by atoms with van der Waals surface area (Å²) >= 11 is 0. The van der Waals surface area contributed by atoms with E-state index in [4.69, 9.17) is 0 Å². The number of Topliss-reactive ketones (excluding diaryl/α,β-unsaturated/α-hetero) is 1. The summed E-state index contributed by atoms with van der Waals surface area (Å²) in [4.78, 5) is 11.4. The van der Waals surface area contributed by atoms with Gasteiger partial charge in [0.1, 0.15) is 0 Å². The summed E-state index contributed by atoms with van der Waals surface area (Å²) in [6, 6.07) is -2.06. The maximum absolute atomic E-state index is 13.6. The Kier molecular flexibility index (Phi) is 5.73. The van der Waals surface area contributed by atoms with Gasteiger partial charge in [0.05, 0.1) is 11.1 Å². The van der Waals surface area contributed by atoms with E-state index >= 15 is 0 Å². The predicted octanol–water partition coefficient (Wildman–Crippen LogP) is 6.38. The highest BCUT2D eigenvalue weighted by atomic mass is 19.4. The van der Waals surface area contributed by atoms with Gasteiger partial charge >= 0.3 is 36.3 Å². The third-order valence-corrected chi connectivity index (χ3v) is 3.33. The van der Waals surface area contributed by atoms with E-state index in [1.54, 1.807) is 0 Å². The highest BCUT2D eigenvalue weighted by Gasteiger charge is 2.83. The minimum atomic E-state index is -7.65. The Balaban J connectivity index is 3.75. The molecule has 1 nitrogen and oxygen atoms in total. The van der Waals surface area contributed by atoms with Gasteiger partial charge in [-0.25, -0.2) is 0 Å². The molecule has 0 aliphatic rings. The molecule has 0 amide bonds. The number of carbonyl (C=O) groups is 1. The molecule has 0 N–H and O–H groups in total. The second-order valence-electron chi connectivity index (χ2n) is 5.31. The molecule has 1 aromatic carbocycles. The molecule has 0 saturated carbocycles. The molecule has 166 valence electrons. The second kappa shape index (κ2) is 6.68. The summed E-state index contributed by atoms with van der Waals surface area (Å²) in [5, 5.41) is 0. The van der Waals surface area contributed by atoms with Crippen LogP contribution in [0.1, 0.15) is 21.5 Å². The minimum Gasteiger partial charge on any atom is -0.287 e. The molecule has 0 atom stereocenters. The van der Waals surface area contributed by atoms with Gasteiger partial charge in [0.25, 0.3) is 0 Å². The van der Waals surface area contributed by atoms with Crippen LogP contribution in [-0.4, -0.2) is 29.7 Å². The van der Waals surface area contributed by atoms with E-state index in [2.05, 4.69) is 0 Å². The van der Waals surface area contributed by atoms with E-state index in [9.17, 15) is 70.7 Å². The molecule has 0 aliphatic carbocycles. The number of alkyl halides is 15. The number of halogens is 15. The van der Waals surface area contributed by atoms with Crippen LogP contribution in [0.3, 0.4) is 0 Å². The van der Waals surface area contributed by atoms with Crippen LogP contribution < -0.4 is 0 Å². The van der Waals surface area contributed by atoms with Gasteiger partial charge in [-0.15, -0.1) is 0 Å². The van der Waals surface area contributed by atoms with E-state index in [-0.39, 0.29) is 0 Å². The fraction of sp³-hybridized carbons (Fsp3) is 0.462. The average molecular weight is 460 g/mol. The van der Waals surface area contributed by atoms with Crippen molar-refractivity contribution in [2.24, 2.45) is 0 Å². The zero-order chi connectivity index (χ0) is 23.4. The fourth-order valence-electron chi connectivity index (χ4n) is 1.84. The van der Waals surface area contributed by atoms with Gasteiger partial charge in [-0.1, -0.05) is 0 Å². The third-order valence-electron chi connectivity index (χ3n) is 3.33. The summed E-state index contributed by atoms with van der Waals surface area (Å²) in [5.41, 5.74) is -7.84. The van der Waals surface area contributed by atoms with Crippen LogP contribution in [-0.2, 0) is 12.4 Å². The highest BCUT2D eigenvalue weighted by molar-refractivity contribution is 6.03.